The Kier molecular flexibility index (Phi) is 7.64. The molecule has 0 aliphatic heterocycles. The summed E-state index contributed by atoms with van der Waals surface area (Å²) in [6.45, 7) is 0.295. The number of carbonyl (C=O) groups excluding carboxylic acids is 2. The molecule has 8 nitrogen and oxygen atoms in total. The summed E-state index contributed by atoms with van der Waals surface area (Å²) in [4.78, 5) is 24.7. The predicted molar refractivity (Wildman–Crippen MR) is 115 cm³/mol. The molecule has 3 rings (SSSR count). The van der Waals surface area contributed by atoms with Crippen LogP contribution in [0, 0.1) is 11.8 Å². The number of hydrazine groups is 1. The average molecular weight is 466 g/mol. The second-order valence-corrected chi connectivity index (χ2v) is 9.78. The van der Waals surface area contributed by atoms with E-state index in [1.807, 2.05) is 6.07 Å². The van der Waals surface area contributed by atoms with Crippen LogP contribution in [0.25, 0.3) is 0 Å². The number of rotatable bonds is 6. The van der Waals surface area contributed by atoms with Crippen LogP contribution in [0.15, 0.2) is 53.6 Å². The number of nitrogens with zero attached hydrogens (tertiary/aromatic N) is 1. The van der Waals surface area contributed by atoms with Crippen LogP contribution in [-0.2, 0) is 21.9 Å². The minimum atomic E-state index is -3.68. The van der Waals surface area contributed by atoms with Crippen LogP contribution < -0.4 is 20.1 Å². The van der Waals surface area contributed by atoms with Gasteiger partial charge in [-0.05, 0) is 49.8 Å². The van der Waals surface area contributed by atoms with Gasteiger partial charge in [-0.15, -0.1) is 0 Å². The Morgan fingerprint density at radius 3 is 2.39 bits per heavy atom. The van der Waals surface area contributed by atoms with E-state index in [1.54, 1.807) is 42.1 Å². The van der Waals surface area contributed by atoms with Crippen LogP contribution >= 0.6 is 11.6 Å². The van der Waals surface area contributed by atoms with Crippen molar-refractivity contribution in [3.05, 3.63) is 59.4 Å². The van der Waals surface area contributed by atoms with Crippen molar-refractivity contribution >= 4 is 33.4 Å². The van der Waals surface area contributed by atoms with Gasteiger partial charge < -0.3 is 0 Å². The number of sulfonamides is 1. The molecule has 0 atom stereocenters. The van der Waals surface area contributed by atoms with E-state index in [0.717, 1.165) is 0 Å². The number of amides is 2. The van der Waals surface area contributed by atoms with Crippen molar-refractivity contribution in [3.63, 3.8) is 0 Å². The molecule has 1 saturated carbocycles. The average Bonchev–Trinajstić information content (AvgIpc) is 2.77. The number of pyridine rings is 1. The van der Waals surface area contributed by atoms with E-state index >= 15 is 0 Å². The molecule has 1 fully saturated rings. The van der Waals surface area contributed by atoms with Gasteiger partial charge in [-0.1, -0.05) is 23.7 Å². The van der Waals surface area contributed by atoms with E-state index in [1.165, 1.54) is 12.1 Å². The summed E-state index contributed by atoms with van der Waals surface area (Å²) in [6, 6.07) is 11.5. The minimum absolute atomic E-state index is 0.0623. The quantitative estimate of drug-likeness (QED) is 0.445. The number of aromatic nitrogens is 1. The number of benzene rings is 1. The number of hydrogen-bond acceptors (Lipinski definition) is 4. The SMILES string of the molecule is C[n+]1ccccc1C(=O)NNC(=O)C1CCC(CNS(=O)(=O)c2ccccc2Cl)CC1. The zero-order valence-corrected chi connectivity index (χ0v) is 18.7. The van der Waals surface area contributed by atoms with Crippen molar-refractivity contribution in [2.75, 3.05) is 6.54 Å². The molecule has 2 amide bonds. The number of nitrogens with one attached hydrogen (secondary N) is 3. The molecule has 1 heterocycles. The Morgan fingerprint density at radius 2 is 1.71 bits per heavy atom. The molecule has 1 aromatic heterocycles. The van der Waals surface area contributed by atoms with Crippen molar-refractivity contribution in [3.8, 4) is 0 Å². The molecule has 166 valence electrons. The van der Waals surface area contributed by atoms with Gasteiger partial charge in [-0.2, -0.15) is 4.57 Å². The second-order valence-electron chi connectivity index (χ2n) is 7.64. The standard InChI is InChI=1S/C21H25ClN4O4S/c1-26-13-5-4-7-18(26)21(28)25-24-20(27)16-11-9-15(10-12-16)14-23-31(29,30)19-8-3-2-6-17(19)22/h2-8,13,15-16,23,28H,9-12,14H2,1H3/p+1. The molecule has 3 N–H and O–H groups in total. The Balaban J connectivity index is 1.44. The largest absolute Gasteiger partial charge is 0.334 e. The maximum absolute atomic E-state index is 12.5. The molecule has 10 heteroatoms. The van der Waals surface area contributed by atoms with Crippen molar-refractivity contribution in [1.29, 1.82) is 0 Å². The maximum atomic E-state index is 12.5. The summed E-state index contributed by atoms with van der Waals surface area (Å²) in [5.41, 5.74) is 5.38. The molecule has 1 aliphatic rings. The molecule has 0 radical (unpaired) electrons. The van der Waals surface area contributed by atoms with Crippen molar-refractivity contribution in [2.45, 2.75) is 30.6 Å². The summed E-state index contributed by atoms with van der Waals surface area (Å²) in [5, 5.41) is 0.182. The van der Waals surface area contributed by atoms with Crippen LogP contribution in [0.2, 0.25) is 5.02 Å². The second kappa shape index (κ2) is 10.2. The summed E-state index contributed by atoms with van der Waals surface area (Å²) in [5.74, 6) is -0.707. The lowest BCUT2D eigenvalue weighted by Gasteiger charge is -2.27. The predicted octanol–water partition coefficient (Wildman–Crippen LogP) is 1.71. The number of carbonyl (C=O) groups is 2. The van der Waals surface area contributed by atoms with E-state index in [4.69, 9.17) is 11.6 Å². The molecule has 0 saturated heterocycles. The first-order chi connectivity index (χ1) is 14.8. The lowest BCUT2D eigenvalue weighted by atomic mass is 9.82. The van der Waals surface area contributed by atoms with Gasteiger partial charge in [-0.25, -0.2) is 13.1 Å². The van der Waals surface area contributed by atoms with Gasteiger partial charge in [0, 0.05) is 24.6 Å². The summed E-state index contributed by atoms with van der Waals surface area (Å²) >= 11 is 5.99. The van der Waals surface area contributed by atoms with Crippen LogP contribution in [0.1, 0.15) is 36.2 Å². The van der Waals surface area contributed by atoms with E-state index in [-0.39, 0.29) is 33.6 Å². The van der Waals surface area contributed by atoms with Crippen LogP contribution in [0.4, 0.5) is 0 Å². The molecule has 0 spiro atoms. The van der Waals surface area contributed by atoms with Crippen LogP contribution in [0.3, 0.4) is 0 Å². The van der Waals surface area contributed by atoms with Gasteiger partial charge in [-0.3, -0.25) is 20.4 Å². The molecular formula is C21H26ClN4O4S+. The first kappa shape index (κ1) is 23.2. The summed E-state index contributed by atoms with van der Waals surface area (Å²) < 4.78 is 29.2. The van der Waals surface area contributed by atoms with Gasteiger partial charge in [0.15, 0.2) is 6.20 Å². The number of aryl methyl sites for hydroxylation is 1. The van der Waals surface area contributed by atoms with Gasteiger partial charge >= 0.3 is 5.91 Å². The Hall–Kier alpha value is -2.49. The summed E-state index contributed by atoms with van der Waals surface area (Å²) in [6.07, 6.45) is 4.42. The molecular weight excluding hydrogens is 440 g/mol. The van der Waals surface area contributed by atoms with E-state index in [9.17, 15) is 18.0 Å². The fourth-order valence-corrected chi connectivity index (χ4v) is 5.27. The third-order valence-corrected chi connectivity index (χ3v) is 7.42. The van der Waals surface area contributed by atoms with Crippen molar-refractivity contribution < 1.29 is 22.6 Å². The molecule has 0 bridgehead atoms. The smallest absolute Gasteiger partial charge is 0.273 e. The summed E-state index contributed by atoms with van der Waals surface area (Å²) in [7, 11) is -1.93. The zero-order valence-electron chi connectivity index (χ0n) is 17.2. The molecule has 0 unspecified atom stereocenters. The highest BCUT2D eigenvalue weighted by Gasteiger charge is 2.28. The fourth-order valence-electron chi connectivity index (χ4n) is 3.64. The van der Waals surface area contributed by atoms with Gasteiger partial charge in [0.2, 0.25) is 15.9 Å². The first-order valence-corrected chi connectivity index (χ1v) is 11.9. The van der Waals surface area contributed by atoms with Gasteiger partial charge in [0.25, 0.3) is 5.69 Å². The normalized spacial score (nSPS) is 18.9. The van der Waals surface area contributed by atoms with Crippen molar-refractivity contribution in [2.24, 2.45) is 18.9 Å². The maximum Gasteiger partial charge on any atom is 0.334 e. The first-order valence-electron chi connectivity index (χ1n) is 10.1. The highest BCUT2D eigenvalue weighted by Crippen LogP contribution is 2.29. The van der Waals surface area contributed by atoms with E-state index in [0.29, 0.717) is 37.9 Å². The topological polar surface area (TPSA) is 108 Å². The molecule has 1 aromatic carbocycles. The lowest BCUT2D eigenvalue weighted by molar-refractivity contribution is -0.673. The Labute approximate surface area is 187 Å². The monoisotopic (exact) mass is 465 g/mol. The molecule has 2 aromatic rings. The third kappa shape index (κ3) is 6.03. The van der Waals surface area contributed by atoms with Gasteiger partial charge in [0.1, 0.15) is 11.9 Å². The molecule has 31 heavy (non-hydrogen) atoms. The van der Waals surface area contributed by atoms with E-state index in [2.05, 4.69) is 15.6 Å². The number of halogens is 1. The fraction of sp³-hybridized carbons (Fsp3) is 0.381. The van der Waals surface area contributed by atoms with E-state index < -0.39 is 10.0 Å². The Bertz CT molecular complexity index is 1050. The molecule has 1 aliphatic carbocycles. The van der Waals surface area contributed by atoms with Crippen molar-refractivity contribution in [1.82, 2.24) is 15.6 Å². The zero-order chi connectivity index (χ0) is 22.4. The third-order valence-electron chi connectivity index (χ3n) is 5.49. The van der Waals surface area contributed by atoms with Crippen LogP contribution in [-0.4, -0.2) is 26.8 Å². The Morgan fingerprint density at radius 1 is 1.03 bits per heavy atom. The number of hydrogen-bond donors (Lipinski definition) is 3. The minimum Gasteiger partial charge on any atom is -0.273 e. The van der Waals surface area contributed by atoms with Gasteiger partial charge in [0.05, 0.1) is 5.02 Å². The van der Waals surface area contributed by atoms with Crippen LogP contribution in [0.5, 0.6) is 0 Å². The highest BCUT2D eigenvalue weighted by atomic mass is 35.5. The highest BCUT2D eigenvalue weighted by molar-refractivity contribution is 7.89. The lowest BCUT2D eigenvalue weighted by Crippen LogP contribution is -2.49.